The van der Waals surface area contributed by atoms with Gasteiger partial charge >= 0.3 is 5.97 Å². The first-order chi connectivity index (χ1) is 6.16. The molecule has 0 bridgehead atoms. The first-order valence-electron chi connectivity index (χ1n) is 4.12. The van der Waals surface area contributed by atoms with Gasteiger partial charge in [-0.15, -0.1) is 0 Å². The molecule has 0 amide bonds. The molecule has 0 aromatic carbocycles. The Bertz CT molecular complexity index is 306. The maximum Gasteiger partial charge on any atom is 0.339 e. The molecule has 0 fully saturated rings. The lowest BCUT2D eigenvalue weighted by Crippen LogP contribution is -2.09. The Morgan fingerprint density at radius 1 is 1.77 bits per heavy atom. The van der Waals surface area contributed by atoms with Crippen molar-refractivity contribution in [1.29, 1.82) is 0 Å². The van der Waals surface area contributed by atoms with Crippen LogP contribution in [0.25, 0.3) is 0 Å². The van der Waals surface area contributed by atoms with E-state index in [4.69, 9.17) is 10.8 Å². The normalized spacial score (nSPS) is 10.3. The molecule has 0 aliphatic rings. The molecular formula is C8H13N3O2. The van der Waals surface area contributed by atoms with Crippen LogP contribution in [0, 0.1) is 6.92 Å². The molecule has 1 aromatic rings. The van der Waals surface area contributed by atoms with Crippen molar-refractivity contribution < 1.29 is 9.90 Å². The SMILES string of the molecule is Cc1c(C(=O)O)cnn1CCCN. The molecule has 0 spiro atoms. The molecule has 0 saturated carbocycles. The van der Waals surface area contributed by atoms with Crippen molar-refractivity contribution in [3.63, 3.8) is 0 Å². The fraction of sp³-hybridized carbons (Fsp3) is 0.500. The highest BCUT2D eigenvalue weighted by atomic mass is 16.4. The van der Waals surface area contributed by atoms with E-state index in [9.17, 15) is 4.79 Å². The van der Waals surface area contributed by atoms with Crippen molar-refractivity contribution in [2.45, 2.75) is 19.9 Å². The van der Waals surface area contributed by atoms with Gasteiger partial charge in [0.15, 0.2) is 0 Å². The van der Waals surface area contributed by atoms with Crippen LogP contribution in [0.1, 0.15) is 22.5 Å². The summed E-state index contributed by atoms with van der Waals surface area (Å²) in [6.07, 6.45) is 2.18. The van der Waals surface area contributed by atoms with Crippen molar-refractivity contribution in [2.75, 3.05) is 6.54 Å². The van der Waals surface area contributed by atoms with E-state index in [0.29, 0.717) is 18.8 Å². The monoisotopic (exact) mass is 183 g/mol. The summed E-state index contributed by atoms with van der Waals surface area (Å²) in [5.41, 5.74) is 6.28. The Kier molecular flexibility index (Phi) is 3.02. The number of hydrogen-bond acceptors (Lipinski definition) is 3. The third kappa shape index (κ3) is 2.06. The third-order valence-electron chi connectivity index (χ3n) is 1.91. The zero-order chi connectivity index (χ0) is 9.84. The summed E-state index contributed by atoms with van der Waals surface area (Å²) < 4.78 is 1.66. The summed E-state index contributed by atoms with van der Waals surface area (Å²) in [5, 5.41) is 12.7. The number of carboxylic acid groups (broad SMARTS) is 1. The molecule has 0 unspecified atom stereocenters. The lowest BCUT2D eigenvalue weighted by Gasteiger charge is -2.02. The Morgan fingerprint density at radius 3 is 2.92 bits per heavy atom. The maximum atomic E-state index is 10.6. The van der Waals surface area contributed by atoms with Crippen LogP contribution in [-0.4, -0.2) is 27.4 Å². The number of aromatic carboxylic acids is 1. The third-order valence-corrected chi connectivity index (χ3v) is 1.91. The molecule has 0 radical (unpaired) electrons. The predicted octanol–water partition coefficient (Wildman–Crippen LogP) is 0.239. The number of rotatable bonds is 4. The van der Waals surface area contributed by atoms with Gasteiger partial charge in [-0.1, -0.05) is 0 Å². The molecule has 0 saturated heterocycles. The smallest absolute Gasteiger partial charge is 0.339 e. The predicted molar refractivity (Wildman–Crippen MR) is 47.6 cm³/mol. The summed E-state index contributed by atoms with van der Waals surface area (Å²) in [7, 11) is 0. The van der Waals surface area contributed by atoms with Gasteiger partial charge in [-0.25, -0.2) is 4.79 Å². The van der Waals surface area contributed by atoms with E-state index in [2.05, 4.69) is 5.10 Å². The summed E-state index contributed by atoms with van der Waals surface area (Å²) in [6, 6.07) is 0. The maximum absolute atomic E-state index is 10.6. The molecule has 1 aromatic heterocycles. The summed E-state index contributed by atoms with van der Waals surface area (Å²) in [6.45, 7) is 3.00. The van der Waals surface area contributed by atoms with E-state index < -0.39 is 5.97 Å². The molecule has 5 nitrogen and oxygen atoms in total. The van der Waals surface area contributed by atoms with Crippen molar-refractivity contribution >= 4 is 5.97 Å². The Balaban J connectivity index is 2.80. The lowest BCUT2D eigenvalue weighted by atomic mass is 10.2. The van der Waals surface area contributed by atoms with Gasteiger partial charge in [0.2, 0.25) is 0 Å². The van der Waals surface area contributed by atoms with Crippen LogP contribution in [0.15, 0.2) is 6.20 Å². The van der Waals surface area contributed by atoms with Gasteiger partial charge in [-0.2, -0.15) is 5.10 Å². The summed E-state index contributed by atoms with van der Waals surface area (Å²) in [4.78, 5) is 10.6. The molecule has 1 rings (SSSR count). The topological polar surface area (TPSA) is 81.1 Å². The fourth-order valence-corrected chi connectivity index (χ4v) is 1.12. The largest absolute Gasteiger partial charge is 0.478 e. The summed E-state index contributed by atoms with van der Waals surface area (Å²) >= 11 is 0. The van der Waals surface area contributed by atoms with E-state index in [0.717, 1.165) is 6.42 Å². The van der Waals surface area contributed by atoms with Crippen LogP contribution in [0.4, 0.5) is 0 Å². The Hall–Kier alpha value is -1.36. The van der Waals surface area contributed by atoms with Crippen LogP contribution in [0.5, 0.6) is 0 Å². The standard InChI is InChI=1S/C8H13N3O2/c1-6-7(8(12)13)5-10-11(6)4-2-3-9/h5H,2-4,9H2,1H3,(H,12,13). The highest BCUT2D eigenvalue weighted by Crippen LogP contribution is 2.06. The minimum atomic E-state index is -0.934. The van der Waals surface area contributed by atoms with E-state index in [1.165, 1.54) is 6.20 Å². The van der Waals surface area contributed by atoms with Crippen LogP contribution in [-0.2, 0) is 6.54 Å². The number of aromatic nitrogens is 2. The zero-order valence-electron chi connectivity index (χ0n) is 7.53. The number of nitrogens with two attached hydrogens (primary N) is 1. The second kappa shape index (κ2) is 4.04. The number of carbonyl (C=O) groups is 1. The molecule has 0 aliphatic carbocycles. The molecule has 0 atom stereocenters. The van der Waals surface area contributed by atoms with Crippen LogP contribution < -0.4 is 5.73 Å². The fourth-order valence-electron chi connectivity index (χ4n) is 1.12. The van der Waals surface area contributed by atoms with Gasteiger partial charge in [0, 0.05) is 12.2 Å². The van der Waals surface area contributed by atoms with Gasteiger partial charge in [0.05, 0.1) is 6.20 Å². The highest BCUT2D eigenvalue weighted by molar-refractivity contribution is 5.88. The van der Waals surface area contributed by atoms with Gasteiger partial charge < -0.3 is 10.8 Å². The quantitative estimate of drug-likeness (QED) is 0.700. The van der Waals surface area contributed by atoms with Crippen LogP contribution in [0.2, 0.25) is 0 Å². The average molecular weight is 183 g/mol. The van der Waals surface area contributed by atoms with Gasteiger partial charge in [-0.3, -0.25) is 4.68 Å². The molecule has 13 heavy (non-hydrogen) atoms. The first-order valence-corrected chi connectivity index (χ1v) is 4.12. The van der Waals surface area contributed by atoms with Crippen molar-refractivity contribution in [2.24, 2.45) is 5.73 Å². The van der Waals surface area contributed by atoms with Crippen LogP contribution >= 0.6 is 0 Å². The highest BCUT2D eigenvalue weighted by Gasteiger charge is 2.11. The minimum Gasteiger partial charge on any atom is -0.478 e. The minimum absolute atomic E-state index is 0.261. The first kappa shape index (κ1) is 9.73. The Morgan fingerprint density at radius 2 is 2.46 bits per heavy atom. The molecule has 3 N–H and O–H groups in total. The van der Waals surface area contributed by atoms with E-state index in [1.54, 1.807) is 11.6 Å². The second-order valence-electron chi connectivity index (χ2n) is 2.81. The summed E-state index contributed by atoms with van der Waals surface area (Å²) in [5.74, 6) is -0.934. The van der Waals surface area contributed by atoms with E-state index in [-0.39, 0.29) is 5.56 Å². The van der Waals surface area contributed by atoms with E-state index >= 15 is 0 Å². The van der Waals surface area contributed by atoms with Crippen molar-refractivity contribution in [3.8, 4) is 0 Å². The second-order valence-corrected chi connectivity index (χ2v) is 2.81. The van der Waals surface area contributed by atoms with Gasteiger partial charge in [-0.05, 0) is 19.9 Å². The zero-order valence-corrected chi connectivity index (χ0v) is 7.53. The van der Waals surface area contributed by atoms with Crippen molar-refractivity contribution in [1.82, 2.24) is 9.78 Å². The van der Waals surface area contributed by atoms with Crippen LogP contribution in [0.3, 0.4) is 0 Å². The number of hydrogen-bond donors (Lipinski definition) is 2. The van der Waals surface area contributed by atoms with Crippen molar-refractivity contribution in [3.05, 3.63) is 17.5 Å². The molecule has 5 heteroatoms. The molecule has 72 valence electrons. The van der Waals surface area contributed by atoms with Gasteiger partial charge in [0.1, 0.15) is 5.56 Å². The Labute approximate surface area is 76.2 Å². The lowest BCUT2D eigenvalue weighted by molar-refractivity contribution is 0.0696. The molecule has 1 heterocycles. The van der Waals surface area contributed by atoms with Gasteiger partial charge in [0.25, 0.3) is 0 Å². The van der Waals surface area contributed by atoms with E-state index in [1.807, 2.05) is 0 Å². The molecular weight excluding hydrogens is 170 g/mol. The number of aryl methyl sites for hydroxylation is 1. The average Bonchev–Trinajstić information content (AvgIpc) is 2.43. The number of carboxylic acids is 1. The molecule has 0 aliphatic heterocycles. The number of nitrogens with zero attached hydrogens (tertiary/aromatic N) is 2.